The fraction of sp³-hybridized carbons (Fsp3) is 0.233. The van der Waals surface area contributed by atoms with Gasteiger partial charge in [-0.3, -0.25) is 19.9 Å². The number of imidazole rings is 1. The molecule has 3 amide bonds. The van der Waals surface area contributed by atoms with Gasteiger partial charge in [-0.1, -0.05) is 54.1 Å². The molecule has 1 fully saturated rings. The van der Waals surface area contributed by atoms with Crippen LogP contribution in [-0.4, -0.2) is 32.9 Å². The Morgan fingerprint density at radius 1 is 1.00 bits per heavy atom. The van der Waals surface area contributed by atoms with Crippen molar-refractivity contribution in [2.75, 3.05) is 11.4 Å². The van der Waals surface area contributed by atoms with E-state index in [0.717, 1.165) is 36.6 Å². The Labute approximate surface area is 230 Å². The van der Waals surface area contributed by atoms with E-state index in [9.17, 15) is 14.0 Å². The Hall–Kier alpha value is -4.01. The second-order valence-corrected chi connectivity index (χ2v) is 10.5. The molecule has 3 heterocycles. The number of benzene rings is 3. The van der Waals surface area contributed by atoms with Crippen molar-refractivity contribution >= 4 is 29.4 Å². The highest BCUT2D eigenvalue weighted by atomic mass is 35.5. The van der Waals surface area contributed by atoms with Gasteiger partial charge in [-0.25, -0.2) is 14.2 Å². The first-order valence-electron chi connectivity index (χ1n) is 12.8. The molecule has 0 spiro atoms. The summed E-state index contributed by atoms with van der Waals surface area (Å²) in [6, 6.07) is 19.0. The molecule has 3 aromatic carbocycles. The van der Waals surface area contributed by atoms with Crippen LogP contribution in [0.25, 0.3) is 11.4 Å². The van der Waals surface area contributed by atoms with Gasteiger partial charge in [0.05, 0.1) is 6.20 Å². The van der Waals surface area contributed by atoms with Crippen molar-refractivity contribution in [2.24, 2.45) is 7.05 Å². The Morgan fingerprint density at radius 3 is 2.62 bits per heavy atom. The Balaban J connectivity index is 1.16. The standard InChI is InChI=1S/C30H27ClFN5O2/c1-35-28(37-11-10-27(38)34-30(37)39)15-33-29(35)21-8-9-22-17-36(18-23(22)14-21)16-20-5-2-4-19(12-20)13-24-25(31)6-3-7-26(24)32/h2-9,12,14-15H,10-11,13,16-18H2,1H3,(H,34,38,39). The predicted molar refractivity (Wildman–Crippen MR) is 148 cm³/mol. The molecular formula is C30H27ClFN5O2. The van der Waals surface area contributed by atoms with E-state index in [1.54, 1.807) is 23.2 Å². The lowest BCUT2D eigenvalue weighted by atomic mass is 10.0. The van der Waals surface area contributed by atoms with E-state index in [1.807, 2.05) is 23.7 Å². The summed E-state index contributed by atoms with van der Waals surface area (Å²) < 4.78 is 16.2. The number of halogens is 2. The Kier molecular flexibility index (Phi) is 6.66. The van der Waals surface area contributed by atoms with Gasteiger partial charge < -0.3 is 4.57 Å². The van der Waals surface area contributed by atoms with E-state index >= 15 is 0 Å². The minimum absolute atomic E-state index is 0.261. The SMILES string of the molecule is Cn1c(N2CCC(=O)NC2=O)cnc1-c1ccc2c(c1)CN(Cc1cccc(Cc3c(F)cccc3Cl)c1)C2. The monoisotopic (exact) mass is 543 g/mol. The van der Waals surface area contributed by atoms with Gasteiger partial charge in [-0.2, -0.15) is 0 Å². The maximum atomic E-state index is 14.3. The zero-order valence-electron chi connectivity index (χ0n) is 21.5. The summed E-state index contributed by atoms with van der Waals surface area (Å²) in [5, 5.41) is 2.81. The molecule has 1 N–H and O–H groups in total. The predicted octanol–water partition coefficient (Wildman–Crippen LogP) is 5.43. The van der Waals surface area contributed by atoms with E-state index < -0.39 is 6.03 Å². The van der Waals surface area contributed by atoms with E-state index in [4.69, 9.17) is 11.6 Å². The number of hydrogen-bond acceptors (Lipinski definition) is 4. The number of carbonyl (C=O) groups is 2. The number of amides is 3. The number of urea groups is 1. The average molecular weight is 544 g/mol. The van der Waals surface area contributed by atoms with Crippen LogP contribution in [0, 0.1) is 5.82 Å². The summed E-state index contributed by atoms with van der Waals surface area (Å²) in [6.45, 7) is 2.75. The molecule has 0 unspecified atom stereocenters. The summed E-state index contributed by atoms with van der Waals surface area (Å²) in [5.74, 6) is 0.861. The van der Waals surface area contributed by atoms with Crippen molar-refractivity contribution in [3.63, 3.8) is 0 Å². The number of imide groups is 1. The quantitative estimate of drug-likeness (QED) is 0.352. The average Bonchev–Trinajstić information content (AvgIpc) is 3.48. The number of nitrogens with one attached hydrogen (secondary N) is 1. The molecule has 0 radical (unpaired) electrons. The van der Waals surface area contributed by atoms with E-state index in [1.165, 1.54) is 22.8 Å². The fourth-order valence-corrected chi connectivity index (χ4v) is 5.65. The maximum absolute atomic E-state index is 14.3. The smallest absolute Gasteiger partial charge is 0.314 e. The van der Waals surface area contributed by atoms with E-state index in [0.29, 0.717) is 29.4 Å². The van der Waals surface area contributed by atoms with E-state index in [2.05, 4.69) is 45.5 Å². The second kappa shape index (κ2) is 10.3. The molecule has 4 aromatic rings. The fourth-order valence-electron chi connectivity index (χ4n) is 5.42. The van der Waals surface area contributed by atoms with Crippen molar-refractivity contribution < 1.29 is 14.0 Å². The van der Waals surface area contributed by atoms with Crippen LogP contribution in [0.5, 0.6) is 0 Å². The van der Waals surface area contributed by atoms with Gasteiger partial charge in [0, 0.05) is 62.2 Å². The van der Waals surface area contributed by atoms with Crippen molar-refractivity contribution in [3.05, 3.63) is 106 Å². The lowest BCUT2D eigenvalue weighted by Gasteiger charge is -2.26. The zero-order chi connectivity index (χ0) is 27.1. The Morgan fingerprint density at radius 2 is 1.79 bits per heavy atom. The van der Waals surface area contributed by atoms with Crippen LogP contribution in [0.2, 0.25) is 5.02 Å². The molecule has 2 aliphatic rings. The number of aromatic nitrogens is 2. The number of fused-ring (bicyclic) bond motifs is 1. The van der Waals surface area contributed by atoms with E-state index in [-0.39, 0.29) is 18.1 Å². The molecule has 9 heteroatoms. The molecule has 0 bridgehead atoms. The molecule has 1 aromatic heterocycles. The third kappa shape index (κ3) is 5.05. The first-order valence-corrected chi connectivity index (χ1v) is 13.2. The van der Waals surface area contributed by atoms with Gasteiger partial charge in [0.15, 0.2) is 0 Å². The van der Waals surface area contributed by atoms with Gasteiger partial charge >= 0.3 is 6.03 Å². The third-order valence-corrected chi connectivity index (χ3v) is 7.74. The number of anilines is 1. The van der Waals surface area contributed by atoms with Crippen LogP contribution in [0.1, 0.15) is 34.2 Å². The summed E-state index contributed by atoms with van der Waals surface area (Å²) >= 11 is 6.24. The van der Waals surface area contributed by atoms with Gasteiger partial charge in [0.1, 0.15) is 17.5 Å². The summed E-state index contributed by atoms with van der Waals surface area (Å²) in [5.41, 5.74) is 6.20. The van der Waals surface area contributed by atoms with Crippen molar-refractivity contribution in [1.82, 2.24) is 19.8 Å². The summed E-state index contributed by atoms with van der Waals surface area (Å²) in [6.07, 6.45) is 2.39. The number of hydrogen-bond donors (Lipinski definition) is 1. The normalized spacial score (nSPS) is 15.5. The van der Waals surface area contributed by atoms with Crippen LogP contribution >= 0.6 is 11.6 Å². The van der Waals surface area contributed by atoms with Gasteiger partial charge in [-0.15, -0.1) is 0 Å². The summed E-state index contributed by atoms with van der Waals surface area (Å²) in [7, 11) is 1.88. The molecule has 0 atom stereocenters. The molecule has 39 heavy (non-hydrogen) atoms. The highest BCUT2D eigenvalue weighted by Gasteiger charge is 2.27. The van der Waals surface area contributed by atoms with Crippen LogP contribution in [0.4, 0.5) is 15.0 Å². The van der Waals surface area contributed by atoms with Crippen molar-refractivity contribution in [1.29, 1.82) is 0 Å². The first kappa shape index (κ1) is 25.3. The number of nitrogens with zero attached hydrogens (tertiary/aromatic N) is 4. The topological polar surface area (TPSA) is 70.5 Å². The molecule has 1 saturated heterocycles. The molecule has 198 valence electrons. The second-order valence-electron chi connectivity index (χ2n) is 10.1. The first-order chi connectivity index (χ1) is 18.9. The van der Waals surface area contributed by atoms with Gasteiger partial charge in [0.25, 0.3) is 0 Å². The number of carbonyl (C=O) groups excluding carboxylic acids is 2. The van der Waals surface area contributed by atoms with Gasteiger partial charge in [-0.05, 0) is 40.5 Å². The maximum Gasteiger partial charge on any atom is 0.329 e. The number of rotatable bonds is 6. The van der Waals surface area contributed by atoms with Crippen molar-refractivity contribution in [3.8, 4) is 11.4 Å². The molecule has 2 aliphatic heterocycles. The van der Waals surface area contributed by atoms with Crippen LogP contribution < -0.4 is 10.2 Å². The van der Waals surface area contributed by atoms with Gasteiger partial charge in [0.2, 0.25) is 5.91 Å². The Bertz CT molecular complexity index is 1580. The largest absolute Gasteiger partial charge is 0.329 e. The molecule has 7 nitrogen and oxygen atoms in total. The molecule has 6 rings (SSSR count). The summed E-state index contributed by atoms with van der Waals surface area (Å²) in [4.78, 5) is 32.3. The minimum Gasteiger partial charge on any atom is -0.314 e. The lowest BCUT2D eigenvalue weighted by molar-refractivity contribution is -0.120. The van der Waals surface area contributed by atoms with Crippen LogP contribution in [0.15, 0.2) is 66.9 Å². The lowest BCUT2D eigenvalue weighted by Crippen LogP contribution is -2.50. The highest BCUT2D eigenvalue weighted by molar-refractivity contribution is 6.31. The zero-order valence-corrected chi connectivity index (χ0v) is 22.2. The molecule has 0 saturated carbocycles. The van der Waals surface area contributed by atoms with Crippen molar-refractivity contribution in [2.45, 2.75) is 32.5 Å². The van der Waals surface area contributed by atoms with Crippen LogP contribution in [-0.2, 0) is 37.9 Å². The highest BCUT2D eigenvalue weighted by Crippen LogP contribution is 2.31. The minimum atomic E-state index is -0.425. The van der Waals surface area contributed by atoms with Crippen LogP contribution in [0.3, 0.4) is 0 Å². The molecular weight excluding hydrogens is 517 g/mol. The third-order valence-electron chi connectivity index (χ3n) is 7.39. The molecule has 0 aliphatic carbocycles.